The van der Waals surface area contributed by atoms with E-state index in [0.29, 0.717) is 4.47 Å². The first-order valence-electron chi connectivity index (χ1n) is 6.85. The Morgan fingerprint density at radius 3 is 2.64 bits per heavy atom. The van der Waals surface area contributed by atoms with E-state index in [1.54, 1.807) is 0 Å². The van der Waals surface area contributed by atoms with Crippen molar-refractivity contribution in [1.82, 2.24) is 0 Å². The molecule has 0 unspecified atom stereocenters. The Morgan fingerprint density at radius 2 is 2.00 bits per heavy atom. The van der Waals surface area contributed by atoms with Crippen LogP contribution in [0.15, 0.2) is 51.8 Å². The standard InChI is InChI=1S/C16H14BrFN2O4S/c1-24-15-6-4-12(25(19,22)23)9-14(15)20-16(21)7-2-10-8-11(17)3-5-13(10)18/h2-9H,1H3,(H,20,21)(H2,19,22,23). The molecule has 0 aliphatic carbocycles. The van der Waals surface area contributed by atoms with Crippen LogP contribution in [-0.2, 0) is 14.8 Å². The van der Waals surface area contributed by atoms with E-state index in [0.717, 1.165) is 6.08 Å². The lowest BCUT2D eigenvalue weighted by Gasteiger charge is -2.10. The second-order valence-electron chi connectivity index (χ2n) is 4.90. The Morgan fingerprint density at radius 1 is 1.28 bits per heavy atom. The molecule has 0 radical (unpaired) electrons. The lowest BCUT2D eigenvalue weighted by molar-refractivity contribution is -0.111. The topological polar surface area (TPSA) is 98.5 Å². The molecule has 9 heteroatoms. The summed E-state index contributed by atoms with van der Waals surface area (Å²) in [5, 5.41) is 7.55. The third-order valence-electron chi connectivity index (χ3n) is 3.13. The van der Waals surface area contributed by atoms with E-state index in [9.17, 15) is 17.6 Å². The van der Waals surface area contributed by atoms with Crippen molar-refractivity contribution >= 4 is 43.6 Å². The van der Waals surface area contributed by atoms with Crippen LogP contribution in [0.5, 0.6) is 5.75 Å². The quantitative estimate of drug-likeness (QED) is 0.715. The van der Waals surface area contributed by atoms with Crippen LogP contribution in [0.4, 0.5) is 10.1 Å². The molecule has 132 valence electrons. The van der Waals surface area contributed by atoms with E-state index in [1.807, 2.05) is 0 Å². The summed E-state index contributed by atoms with van der Waals surface area (Å²) in [6.45, 7) is 0. The van der Waals surface area contributed by atoms with Crippen LogP contribution in [-0.4, -0.2) is 21.4 Å². The van der Waals surface area contributed by atoms with Gasteiger partial charge in [-0.3, -0.25) is 4.79 Å². The van der Waals surface area contributed by atoms with Gasteiger partial charge in [-0.1, -0.05) is 15.9 Å². The zero-order chi connectivity index (χ0) is 18.6. The van der Waals surface area contributed by atoms with Crippen LogP contribution >= 0.6 is 15.9 Å². The van der Waals surface area contributed by atoms with Crippen molar-refractivity contribution in [2.24, 2.45) is 5.14 Å². The number of primary sulfonamides is 1. The van der Waals surface area contributed by atoms with Gasteiger partial charge in [0.25, 0.3) is 0 Å². The van der Waals surface area contributed by atoms with E-state index >= 15 is 0 Å². The highest BCUT2D eigenvalue weighted by Crippen LogP contribution is 2.27. The number of anilines is 1. The Balaban J connectivity index is 2.25. The molecule has 0 spiro atoms. The number of rotatable bonds is 5. The lowest BCUT2D eigenvalue weighted by atomic mass is 10.2. The first-order valence-corrected chi connectivity index (χ1v) is 9.19. The average molecular weight is 429 g/mol. The fourth-order valence-electron chi connectivity index (χ4n) is 1.94. The van der Waals surface area contributed by atoms with Crippen molar-refractivity contribution in [3.05, 3.63) is 58.3 Å². The molecule has 1 amide bonds. The predicted molar refractivity (Wildman–Crippen MR) is 96.1 cm³/mol. The van der Waals surface area contributed by atoms with Crippen molar-refractivity contribution < 1.29 is 22.3 Å². The zero-order valence-electron chi connectivity index (χ0n) is 13.0. The van der Waals surface area contributed by atoms with Gasteiger partial charge in [-0.25, -0.2) is 17.9 Å². The van der Waals surface area contributed by atoms with Crippen molar-refractivity contribution in [2.45, 2.75) is 4.90 Å². The second-order valence-corrected chi connectivity index (χ2v) is 7.37. The van der Waals surface area contributed by atoms with Crippen molar-refractivity contribution in [3.63, 3.8) is 0 Å². The Kier molecular flexibility index (Phi) is 5.93. The summed E-state index contributed by atoms with van der Waals surface area (Å²) in [7, 11) is -2.56. The van der Waals surface area contributed by atoms with Gasteiger partial charge < -0.3 is 10.1 Å². The van der Waals surface area contributed by atoms with Gasteiger partial charge in [0, 0.05) is 16.1 Å². The van der Waals surface area contributed by atoms with Crippen molar-refractivity contribution in [3.8, 4) is 5.75 Å². The lowest BCUT2D eigenvalue weighted by Crippen LogP contribution is -2.14. The van der Waals surface area contributed by atoms with Gasteiger partial charge in [-0.2, -0.15) is 0 Å². The molecule has 0 aliphatic heterocycles. The number of hydrogen-bond acceptors (Lipinski definition) is 4. The summed E-state index contributed by atoms with van der Waals surface area (Å²) in [6.07, 6.45) is 2.42. The minimum atomic E-state index is -3.93. The molecule has 0 aliphatic rings. The minimum absolute atomic E-state index is 0.124. The van der Waals surface area contributed by atoms with Crippen LogP contribution in [0.1, 0.15) is 5.56 Å². The third kappa shape index (κ3) is 5.12. The molecular weight excluding hydrogens is 415 g/mol. The predicted octanol–water partition coefficient (Wildman–Crippen LogP) is 2.90. The monoisotopic (exact) mass is 428 g/mol. The molecule has 2 aromatic rings. The van der Waals surface area contributed by atoms with Crippen LogP contribution in [0.2, 0.25) is 0 Å². The summed E-state index contributed by atoms with van der Waals surface area (Å²) >= 11 is 3.22. The molecule has 0 atom stereocenters. The molecule has 0 aromatic heterocycles. The zero-order valence-corrected chi connectivity index (χ0v) is 15.4. The number of benzene rings is 2. The van der Waals surface area contributed by atoms with E-state index in [-0.39, 0.29) is 21.9 Å². The van der Waals surface area contributed by atoms with Gasteiger partial charge >= 0.3 is 0 Å². The van der Waals surface area contributed by atoms with Gasteiger partial charge in [-0.05, 0) is 42.5 Å². The highest BCUT2D eigenvalue weighted by atomic mass is 79.9. The highest BCUT2D eigenvalue weighted by molar-refractivity contribution is 9.10. The van der Waals surface area contributed by atoms with E-state index < -0.39 is 21.7 Å². The molecule has 6 nitrogen and oxygen atoms in total. The van der Waals surface area contributed by atoms with Gasteiger partial charge in [-0.15, -0.1) is 0 Å². The van der Waals surface area contributed by atoms with Crippen LogP contribution in [0.3, 0.4) is 0 Å². The van der Waals surface area contributed by atoms with E-state index in [4.69, 9.17) is 9.88 Å². The number of nitrogens with one attached hydrogen (secondary N) is 1. The molecule has 0 bridgehead atoms. The molecule has 25 heavy (non-hydrogen) atoms. The molecule has 0 heterocycles. The Labute approximate surface area is 152 Å². The normalized spacial score (nSPS) is 11.5. The molecule has 0 saturated carbocycles. The first kappa shape index (κ1) is 19.1. The average Bonchev–Trinajstić information content (AvgIpc) is 2.54. The third-order valence-corrected chi connectivity index (χ3v) is 4.53. The fourth-order valence-corrected chi connectivity index (χ4v) is 2.86. The molecule has 3 N–H and O–H groups in total. The summed E-state index contributed by atoms with van der Waals surface area (Å²) in [5.41, 5.74) is 0.341. The number of carbonyl (C=O) groups is 1. The van der Waals surface area contributed by atoms with Crippen LogP contribution < -0.4 is 15.2 Å². The number of hydrogen-bond donors (Lipinski definition) is 2. The number of sulfonamides is 1. The Hall–Kier alpha value is -2.23. The number of nitrogens with two attached hydrogens (primary N) is 1. The SMILES string of the molecule is COc1ccc(S(N)(=O)=O)cc1NC(=O)C=Cc1cc(Br)ccc1F. The summed E-state index contributed by atoms with van der Waals surface area (Å²) < 4.78 is 42.2. The van der Waals surface area contributed by atoms with Gasteiger partial charge in [0.15, 0.2) is 0 Å². The second kappa shape index (κ2) is 7.77. The summed E-state index contributed by atoms with van der Waals surface area (Å²) in [5.74, 6) is -0.826. The minimum Gasteiger partial charge on any atom is -0.495 e. The van der Waals surface area contributed by atoms with Crippen LogP contribution in [0, 0.1) is 5.82 Å². The van der Waals surface area contributed by atoms with E-state index in [1.165, 1.54) is 49.6 Å². The summed E-state index contributed by atoms with van der Waals surface area (Å²) in [6, 6.07) is 8.13. The van der Waals surface area contributed by atoms with E-state index in [2.05, 4.69) is 21.2 Å². The molecule has 2 aromatic carbocycles. The number of halogens is 2. The van der Waals surface area contributed by atoms with Crippen LogP contribution in [0.25, 0.3) is 6.08 Å². The van der Waals surface area contributed by atoms with Gasteiger partial charge in [0.2, 0.25) is 15.9 Å². The van der Waals surface area contributed by atoms with Crippen molar-refractivity contribution in [1.29, 1.82) is 0 Å². The maximum absolute atomic E-state index is 13.6. The fraction of sp³-hybridized carbons (Fsp3) is 0.0625. The molecule has 0 saturated heterocycles. The Bertz CT molecular complexity index is 945. The smallest absolute Gasteiger partial charge is 0.248 e. The highest BCUT2D eigenvalue weighted by Gasteiger charge is 2.13. The summed E-state index contributed by atoms with van der Waals surface area (Å²) in [4.78, 5) is 11.9. The molecule has 2 rings (SSSR count). The number of amides is 1. The first-order chi connectivity index (χ1) is 11.7. The molecular formula is C16H14BrFN2O4S. The number of carbonyl (C=O) groups excluding carboxylic acids is 1. The number of methoxy groups -OCH3 is 1. The van der Waals surface area contributed by atoms with Gasteiger partial charge in [0.05, 0.1) is 17.7 Å². The molecule has 0 fully saturated rings. The number of ether oxygens (including phenoxy) is 1. The van der Waals surface area contributed by atoms with Gasteiger partial charge in [0.1, 0.15) is 11.6 Å². The largest absolute Gasteiger partial charge is 0.495 e. The maximum Gasteiger partial charge on any atom is 0.248 e. The van der Waals surface area contributed by atoms with Crippen molar-refractivity contribution in [2.75, 3.05) is 12.4 Å². The maximum atomic E-state index is 13.6.